The van der Waals surface area contributed by atoms with E-state index in [0.717, 1.165) is 10.0 Å². The first-order valence-electron chi connectivity index (χ1n) is 10.2. The Morgan fingerprint density at radius 3 is 2.75 bits per heavy atom. The quantitative estimate of drug-likeness (QED) is 0.629. The van der Waals surface area contributed by atoms with Gasteiger partial charge in [-0.15, -0.1) is 0 Å². The molecule has 0 saturated heterocycles. The zero-order valence-electron chi connectivity index (χ0n) is 16.9. The maximum absolute atomic E-state index is 13.2. The number of anilines is 2. The Bertz CT molecular complexity index is 820. The van der Waals surface area contributed by atoms with Gasteiger partial charge < -0.3 is 5.32 Å². The van der Waals surface area contributed by atoms with Gasteiger partial charge in [0, 0.05) is 28.8 Å². The second-order valence-corrected chi connectivity index (χ2v) is 8.39. The normalized spacial score (nSPS) is 15.9. The molecule has 2 aromatic rings. The predicted octanol–water partition coefficient (Wildman–Crippen LogP) is 5.59. The monoisotopic (exact) mass is 444 g/mol. The van der Waals surface area contributed by atoms with Crippen molar-refractivity contribution in [3.05, 3.63) is 46.1 Å². The molecule has 150 valence electrons. The molecule has 0 spiro atoms. The zero-order chi connectivity index (χ0) is 20.1. The van der Waals surface area contributed by atoms with Crippen LogP contribution < -0.4 is 10.2 Å². The zero-order valence-corrected chi connectivity index (χ0v) is 18.5. The third-order valence-electron chi connectivity index (χ3n) is 5.69. The minimum absolute atomic E-state index is 0.0497. The molecule has 1 heterocycles. The highest BCUT2D eigenvalue weighted by Crippen LogP contribution is 2.28. The van der Waals surface area contributed by atoms with Crippen LogP contribution in [0, 0.1) is 12.8 Å². The smallest absolute Gasteiger partial charge is 0.259 e. The van der Waals surface area contributed by atoms with E-state index in [2.05, 4.69) is 38.1 Å². The summed E-state index contributed by atoms with van der Waals surface area (Å²) in [6.45, 7) is 6.66. The first-order valence-corrected chi connectivity index (χ1v) is 11.0. The molecule has 0 bridgehead atoms. The van der Waals surface area contributed by atoms with Gasteiger partial charge in [0.1, 0.15) is 5.82 Å². The van der Waals surface area contributed by atoms with Gasteiger partial charge in [-0.1, -0.05) is 41.3 Å². The van der Waals surface area contributed by atoms with Crippen molar-refractivity contribution in [2.45, 2.75) is 58.9 Å². The molecule has 5 nitrogen and oxygen atoms in total. The lowest BCUT2D eigenvalue weighted by Crippen LogP contribution is -2.33. The van der Waals surface area contributed by atoms with Crippen LogP contribution in [0.2, 0.25) is 0 Å². The number of hydrogen-bond acceptors (Lipinski definition) is 4. The number of halogens is 1. The first kappa shape index (κ1) is 20.8. The Labute approximate surface area is 176 Å². The van der Waals surface area contributed by atoms with Gasteiger partial charge in [0.15, 0.2) is 0 Å². The first-order chi connectivity index (χ1) is 13.5. The van der Waals surface area contributed by atoms with Gasteiger partial charge in [0.25, 0.3) is 5.91 Å². The Morgan fingerprint density at radius 2 is 2.04 bits per heavy atom. The van der Waals surface area contributed by atoms with Crippen molar-refractivity contribution in [2.75, 3.05) is 16.8 Å². The van der Waals surface area contributed by atoms with Crippen LogP contribution in [0.25, 0.3) is 0 Å². The number of nitrogens with zero attached hydrogens (tertiary/aromatic N) is 3. The molecule has 0 aliphatic heterocycles. The van der Waals surface area contributed by atoms with Crippen LogP contribution in [-0.4, -0.2) is 28.5 Å². The maximum Gasteiger partial charge on any atom is 0.259 e. The average Bonchev–Trinajstić information content (AvgIpc) is 2.71. The highest BCUT2D eigenvalue weighted by Gasteiger charge is 2.23. The molecule has 0 radical (unpaired) electrons. The van der Waals surface area contributed by atoms with Crippen LogP contribution in [0.4, 0.5) is 11.8 Å². The van der Waals surface area contributed by atoms with E-state index in [9.17, 15) is 4.79 Å². The average molecular weight is 445 g/mol. The van der Waals surface area contributed by atoms with Crippen molar-refractivity contribution in [1.29, 1.82) is 0 Å². The molecular weight excluding hydrogens is 416 g/mol. The van der Waals surface area contributed by atoms with Crippen molar-refractivity contribution in [2.24, 2.45) is 5.92 Å². The summed E-state index contributed by atoms with van der Waals surface area (Å²) in [5, 5.41) is 3.46. The van der Waals surface area contributed by atoms with E-state index in [1.165, 1.54) is 32.1 Å². The van der Waals surface area contributed by atoms with E-state index in [1.807, 2.05) is 32.0 Å². The number of rotatable bonds is 6. The van der Waals surface area contributed by atoms with Crippen LogP contribution >= 0.6 is 15.9 Å². The summed E-state index contributed by atoms with van der Waals surface area (Å²) in [5.41, 5.74) is 1.61. The van der Waals surface area contributed by atoms with Crippen LogP contribution in [0.1, 0.15) is 61.9 Å². The molecule has 1 aromatic carbocycles. The van der Waals surface area contributed by atoms with Crippen LogP contribution in [0.3, 0.4) is 0 Å². The fourth-order valence-electron chi connectivity index (χ4n) is 3.92. The number of carbonyl (C=O) groups is 1. The molecule has 1 atom stereocenters. The molecule has 28 heavy (non-hydrogen) atoms. The number of amides is 1. The standard InChI is InChI=1S/C22H29BrN4O/c1-4-27(21(28)18-11-8-12-19(23)15(18)2)20-13-14-24-22(26-20)25-16(3)17-9-6-5-7-10-17/h8,11-14,16-17H,4-7,9-10H2,1-3H3,(H,24,25,26)/t16-/m0/s1. The van der Waals surface area contributed by atoms with Crippen LogP contribution in [0.5, 0.6) is 0 Å². The lowest BCUT2D eigenvalue weighted by Gasteiger charge is -2.28. The van der Waals surface area contributed by atoms with E-state index in [4.69, 9.17) is 0 Å². The van der Waals surface area contributed by atoms with Gasteiger partial charge in [0.2, 0.25) is 5.95 Å². The van der Waals surface area contributed by atoms with Gasteiger partial charge in [-0.2, -0.15) is 4.98 Å². The van der Waals surface area contributed by atoms with E-state index >= 15 is 0 Å². The topological polar surface area (TPSA) is 58.1 Å². The summed E-state index contributed by atoms with van der Waals surface area (Å²) in [6.07, 6.45) is 8.20. The number of carbonyl (C=O) groups excluding carboxylic acids is 1. The molecule has 3 rings (SSSR count). The number of hydrogen-bond donors (Lipinski definition) is 1. The highest BCUT2D eigenvalue weighted by molar-refractivity contribution is 9.10. The second kappa shape index (κ2) is 9.50. The summed E-state index contributed by atoms with van der Waals surface area (Å²) in [6, 6.07) is 7.81. The summed E-state index contributed by atoms with van der Waals surface area (Å²) in [7, 11) is 0. The van der Waals surface area contributed by atoms with Gasteiger partial charge in [-0.05, 0) is 63.3 Å². The van der Waals surface area contributed by atoms with E-state index in [-0.39, 0.29) is 5.91 Å². The Kier molecular flexibility index (Phi) is 7.05. The molecule has 1 aromatic heterocycles. The molecule has 1 saturated carbocycles. The molecule has 1 N–H and O–H groups in total. The molecule has 1 aliphatic carbocycles. The van der Waals surface area contributed by atoms with Gasteiger partial charge >= 0.3 is 0 Å². The maximum atomic E-state index is 13.2. The Balaban J connectivity index is 1.78. The fourth-order valence-corrected chi connectivity index (χ4v) is 4.29. The number of nitrogens with one attached hydrogen (secondary N) is 1. The molecular formula is C22H29BrN4O. The van der Waals surface area contributed by atoms with Crippen LogP contribution in [-0.2, 0) is 0 Å². The predicted molar refractivity (Wildman–Crippen MR) is 118 cm³/mol. The van der Waals surface area contributed by atoms with Crippen LogP contribution in [0.15, 0.2) is 34.9 Å². The van der Waals surface area contributed by atoms with Crippen molar-refractivity contribution in [3.8, 4) is 0 Å². The molecule has 1 amide bonds. The summed E-state index contributed by atoms with van der Waals surface area (Å²) >= 11 is 3.51. The van der Waals surface area contributed by atoms with Crippen molar-refractivity contribution >= 4 is 33.6 Å². The molecule has 1 fully saturated rings. The third-order valence-corrected chi connectivity index (χ3v) is 6.55. The molecule has 1 aliphatic rings. The Morgan fingerprint density at radius 1 is 1.29 bits per heavy atom. The molecule has 6 heteroatoms. The van der Waals surface area contributed by atoms with E-state index < -0.39 is 0 Å². The lowest BCUT2D eigenvalue weighted by atomic mass is 9.85. The summed E-state index contributed by atoms with van der Waals surface area (Å²) < 4.78 is 0.931. The van der Waals surface area contributed by atoms with Crippen molar-refractivity contribution in [3.63, 3.8) is 0 Å². The molecule has 0 unspecified atom stereocenters. The van der Waals surface area contributed by atoms with Gasteiger partial charge in [-0.3, -0.25) is 9.69 Å². The lowest BCUT2D eigenvalue weighted by molar-refractivity contribution is 0.0987. The summed E-state index contributed by atoms with van der Waals surface area (Å²) in [5.74, 6) is 1.83. The Hall–Kier alpha value is -1.95. The minimum atomic E-state index is -0.0497. The largest absolute Gasteiger partial charge is 0.351 e. The number of aromatic nitrogens is 2. The number of benzene rings is 1. The van der Waals surface area contributed by atoms with E-state index in [1.54, 1.807) is 17.2 Å². The van der Waals surface area contributed by atoms with Crippen molar-refractivity contribution < 1.29 is 4.79 Å². The fraction of sp³-hybridized carbons (Fsp3) is 0.500. The second-order valence-electron chi connectivity index (χ2n) is 7.53. The summed E-state index contributed by atoms with van der Waals surface area (Å²) in [4.78, 5) is 23.9. The van der Waals surface area contributed by atoms with Crippen molar-refractivity contribution in [1.82, 2.24) is 9.97 Å². The van der Waals surface area contributed by atoms with E-state index in [0.29, 0.717) is 35.8 Å². The third kappa shape index (κ3) is 4.72. The van der Waals surface area contributed by atoms with Gasteiger partial charge in [0.05, 0.1) is 0 Å². The SMILES string of the molecule is CCN(C(=O)c1cccc(Br)c1C)c1ccnc(N[C@@H](C)C2CCCCC2)n1. The minimum Gasteiger partial charge on any atom is -0.351 e. The highest BCUT2D eigenvalue weighted by atomic mass is 79.9. The van der Waals surface area contributed by atoms with Gasteiger partial charge in [-0.25, -0.2) is 4.98 Å².